The van der Waals surface area contributed by atoms with Crippen LogP contribution in [0.3, 0.4) is 0 Å². The first-order valence-corrected chi connectivity index (χ1v) is 19.8. The molecule has 5 aliphatic rings. The Bertz CT molecular complexity index is 2470. The number of hydrogen-bond acceptors (Lipinski definition) is 1. The van der Waals surface area contributed by atoms with E-state index in [0.29, 0.717) is 11.8 Å². The largest absolute Gasteiger partial charge is 0.310 e. The molecular weight excluding hydrogens is 639 g/mol. The van der Waals surface area contributed by atoms with Crippen molar-refractivity contribution in [2.45, 2.75) is 56.3 Å². The van der Waals surface area contributed by atoms with Crippen molar-refractivity contribution in [3.8, 4) is 33.4 Å². The van der Waals surface area contributed by atoms with Gasteiger partial charge in [-0.25, -0.2) is 0 Å². The Hall–Kier alpha value is -5.40. The average Bonchev–Trinajstić information content (AvgIpc) is 3.96. The SMILES string of the molecule is CC1(C)c2ccccc2-c2ccc(N(c3ccc4c(c3)[C@@]3(C[C@H]5CC[C@@H]3C5)C3C=CC=CC43)c3ccc(-c4ccccc4)cc3-c3ccccc3)cc21. The summed E-state index contributed by atoms with van der Waals surface area (Å²) in [5, 5.41) is 0. The van der Waals surface area contributed by atoms with Crippen LogP contribution in [-0.2, 0) is 10.8 Å². The summed E-state index contributed by atoms with van der Waals surface area (Å²) in [4.78, 5) is 2.59. The van der Waals surface area contributed by atoms with Crippen molar-refractivity contribution in [1.29, 1.82) is 0 Å². The second-order valence-corrected chi connectivity index (χ2v) is 16.9. The van der Waals surface area contributed by atoms with Gasteiger partial charge in [-0.2, -0.15) is 0 Å². The fourth-order valence-corrected chi connectivity index (χ4v) is 11.7. The topological polar surface area (TPSA) is 3.24 Å². The van der Waals surface area contributed by atoms with Gasteiger partial charge in [0.25, 0.3) is 0 Å². The third-order valence-electron chi connectivity index (χ3n) is 14.0. The van der Waals surface area contributed by atoms with Gasteiger partial charge in [0.1, 0.15) is 0 Å². The predicted octanol–water partition coefficient (Wildman–Crippen LogP) is 13.7. The van der Waals surface area contributed by atoms with E-state index in [2.05, 4.69) is 183 Å². The van der Waals surface area contributed by atoms with E-state index in [9.17, 15) is 0 Å². The number of anilines is 3. The lowest BCUT2D eigenvalue weighted by atomic mass is 9.62. The van der Waals surface area contributed by atoms with Crippen molar-refractivity contribution in [3.05, 3.63) is 186 Å². The molecule has 2 bridgehead atoms. The molecule has 1 nitrogen and oxygen atoms in total. The minimum atomic E-state index is -0.0908. The van der Waals surface area contributed by atoms with Crippen LogP contribution in [0, 0.1) is 17.8 Å². The van der Waals surface area contributed by atoms with E-state index in [0.717, 1.165) is 11.8 Å². The molecule has 11 rings (SSSR count). The first-order valence-electron chi connectivity index (χ1n) is 19.8. The number of hydrogen-bond donors (Lipinski definition) is 0. The van der Waals surface area contributed by atoms with Gasteiger partial charge in [0.2, 0.25) is 0 Å². The summed E-state index contributed by atoms with van der Waals surface area (Å²) in [6.45, 7) is 4.79. The molecule has 53 heavy (non-hydrogen) atoms. The van der Waals surface area contributed by atoms with E-state index >= 15 is 0 Å². The summed E-state index contributed by atoms with van der Waals surface area (Å²) in [5.41, 5.74) is 17.5. The van der Waals surface area contributed by atoms with Crippen LogP contribution in [0.1, 0.15) is 67.7 Å². The van der Waals surface area contributed by atoms with Gasteiger partial charge in [-0.15, -0.1) is 0 Å². The molecule has 6 aromatic rings. The molecule has 1 spiro atoms. The molecule has 0 amide bonds. The van der Waals surface area contributed by atoms with Gasteiger partial charge in [-0.05, 0) is 123 Å². The van der Waals surface area contributed by atoms with Gasteiger partial charge in [-0.3, -0.25) is 0 Å². The molecule has 2 fully saturated rings. The Morgan fingerprint density at radius 3 is 2.02 bits per heavy atom. The molecule has 0 aromatic heterocycles. The summed E-state index contributed by atoms with van der Waals surface area (Å²) in [7, 11) is 0. The van der Waals surface area contributed by atoms with Gasteiger partial charge in [-0.1, -0.05) is 148 Å². The van der Waals surface area contributed by atoms with Crippen molar-refractivity contribution < 1.29 is 0 Å². The number of fused-ring (bicyclic) bond motifs is 11. The maximum Gasteiger partial charge on any atom is 0.0540 e. The minimum Gasteiger partial charge on any atom is -0.310 e. The molecule has 0 saturated heterocycles. The van der Waals surface area contributed by atoms with Crippen molar-refractivity contribution in [1.82, 2.24) is 0 Å². The second kappa shape index (κ2) is 11.5. The van der Waals surface area contributed by atoms with Crippen LogP contribution in [0.5, 0.6) is 0 Å². The van der Waals surface area contributed by atoms with Gasteiger partial charge >= 0.3 is 0 Å². The fraction of sp³-hybridized carbons (Fsp3) is 0.231. The molecule has 0 aliphatic heterocycles. The lowest BCUT2D eigenvalue weighted by molar-refractivity contribution is 0.210. The van der Waals surface area contributed by atoms with E-state index in [4.69, 9.17) is 0 Å². The van der Waals surface area contributed by atoms with Crippen LogP contribution in [0.25, 0.3) is 33.4 Å². The zero-order chi connectivity index (χ0) is 35.3. The zero-order valence-electron chi connectivity index (χ0n) is 30.7. The highest BCUT2D eigenvalue weighted by Crippen LogP contribution is 2.68. The lowest BCUT2D eigenvalue weighted by Gasteiger charge is -2.41. The van der Waals surface area contributed by atoms with Crippen LogP contribution >= 0.6 is 0 Å². The Morgan fingerprint density at radius 2 is 1.25 bits per heavy atom. The minimum absolute atomic E-state index is 0.0908. The molecule has 0 heterocycles. The molecule has 6 aromatic carbocycles. The molecule has 5 atom stereocenters. The third-order valence-corrected chi connectivity index (χ3v) is 14.0. The van der Waals surface area contributed by atoms with Gasteiger partial charge < -0.3 is 4.90 Å². The molecule has 1 heteroatoms. The van der Waals surface area contributed by atoms with Gasteiger partial charge in [0.15, 0.2) is 0 Å². The van der Waals surface area contributed by atoms with Crippen LogP contribution < -0.4 is 4.90 Å². The molecule has 2 unspecified atom stereocenters. The highest BCUT2D eigenvalue weighted by atomic mass is 15.1. The fourth-order valence-electron chi connectivity index (χ4n) is 11.7. The van der Waals surface area contributed by atoms with E-state index in [1.54, 1.807) is 11.1 Å². The number of nitrogens with zero attached hydrogens (tertiary/aromatic N) is 1. The van der Waals surface area contributed by atoms with E-state index in [1.807, 2.05) is 0 Å². The lowest BCUT2D eigenvalue weighted by Crippen LogP contribution is -2.37. The highest BCUT2D eigenvalue weighted by Gasteiger charge is 2.60. The van der Waals surface area contributed by atoms with Crippen LogP contribution in [0.4, 0.5) is 17.1 Å². The summed E-state index contributed by atoms with van der Waals surface area (Å²) >= 11 is 0. The van der Waals surface area contributed by atoms with Gasteiger partial charge in [0, 0.05) is 33.7 Å². The van der Waals surface area contributed by atoms with Crippen molar-refractivity contribution in [3.63, 3.8) is 0 Å². The normalized spacial score (nSPS) is 24.9. The Balaban J connectivity index is 1.15. The Labute approximate surface area is 314 Å². The van der Waals surface area contributed by atoms with E-state index in [1.165, 1.54) is 87.3 Å². The smallest absolute Gasteiger partial charge is 0.0540 e. The monoisotopic (exact) mass is 683 g/mol. The Morgan fingerprint density at radius 1 is 0.547 bits per heavy atom. The highest BCUT2D eigenvalue weighted by molar-refractivity contribution is 5.92. The van der Waals surface area contributed by atoms with E-state index in [-0.39, 0.29) is 10.8 Å². The summed E-state index contributed by atoms with van der Waals surface area (Å²) in [6, 6.07) is 52.8. The number of benzene rings is 6. The van der Waals surface area contributed by atoms with Crippen LogP contribution in [0.15, 0.2) is 164 Å². The second-order valence-electron chi connectivity index (χ2n) is 16.9. The molecular formula is C52H45N. The summed E-state index contributed by atoms with van der Waals surface area (Å²) in [5.74, 6) is 2.67. The Kier molecular flexibility index (Phi) is 6.79. The third kappa shape index (κ3) is 4.50. The predicted molar refractivity (Wildman–Crippen MR) is 221 cm³/mol. The van der Waals surface area contributed by atoms with Crippen LogP contribution in [-0.4, -0.2) is 0 Å². The summed E-state index contributed by atoms with van der Waals surface area (Å²) in [6.07, 6.45) is 15.2. The quantitative estimate of drug-likeness (QED) is 0.175. The maximum absolute atomic E-state index is 2.64. The zero-order valence-corrected chi connectivity index (χ0v) is 30.7. The van der Waals surface area contributed by atoms with Crippen LogP contribution in [0.2, 0.25) is 0 Å². The molecule has 258 valence electrons. The first kappa shape index (κ1) is 31.2. The molecule has 0 N–H and O–H groups in total. The maximum atomic E-state index is 2.64. The molecule has 5 aliphatic carbocycles. The first-order chi connectivity index (χ1) is 26.0. The molecule has 2 saturated carbocycles. The number of rotatable bonds is 5. The van der Waals surface area contributed by atoms with Gasteiger partial charge in [0.05, 0.1) is 5.69 Å². The van der Waals surface area contributed by atoms with Crippen molar-refractivity contribution >= 4 is 17.1 Å². The van der Waals surface area contributed by atoms with Crippen molar-refractivity contribution in [2.75, 3.05) is 4.90 Å². The average molecular weight is 684 g/mol. The number of allylic oxidation sites excluding steroid dienone is 4. The standard InChI is InChI=1S/C52H45N/c1-51(2)46-19-11-9-17-41(46)43-26-24-39(31-48(43)51)53(50-28-22-37(35-13-5-3-6-14-35)30-45(50)36-15-7-4-8-16-36)40-25-27-44-42-18-10-12-20-47(42)52(49(44)32-40)33-34-21-23-38(52)29-34/h3-20,22,24-28,30-32,34,38,42,47H,21,23,29,33H2,1-2H3/t34-,38+,42?,47?,52+/m0/s1. The summed E-state index contributed by atoms with van der Waals surface area (Å²) < 4.78 is 0. The molecule has 0 radical (unpaired) electrons. The van der Waals surface area contributed by atoms with E-state index < -0.39 is 0 Å². The van der Waals surface area contributed by atoms with Crippen molar-refractivity contribution in [2.24, 2.45) is 17.8 Å².